The highest BCUT2D eigenvalue weighted by Gasteiger charge is 2.34. The van der Waals surface area contributed by atoms with E-state index in [1.807, 2.05) is 0 Å². The van der Waals surface area contributed by atoms with Gasteiger partial charge in [0.25, 0.3) is 5.56 Å². The summed E-state index contributed by atoms with van der Waals surface area (Å²) in [5.74, 6) is -0.109. The molecule has 0 atom stereocenters. The maximum Gasteiger partial charge on any atom is 0.417 e. The number of aromatic amines is 1. The number of H-pyrrole nitrogens is 1. The third-order valence-corrected chi connectivity index (χ3v) is 2.71. The van der Waals surface area contributed by atoms with Gasteiger partial charge in [0.05, 0.1) is 5.56 Å². The third-order valence-electron chi connectivity index (χ3n) is 2.21. The van der Waals surface area contributed by atoms with Crippen molar-refractivity contribution in [3.63, 3.8) is 0 Å². The van der Waals surface area contributed by atoms with E-state index in [1.165, 1.54) is 12.1 Å². The predicted molar refractivity (Wildman–Crippen MR) is 63.0 cm³/mol. The van der Waals surface area contributed by atoms with E-state index in [1.54, 1.807) is 0 Å². The number of hydrogen-bond acceptors (Lipinski definition) is 2. The highest BCUT2D eigenvalue weighted by molar-refractivity contribution is 9.10. The molecule has 0 aliphatic carbocycles. The lowest BCUT2D eigenvalue weighted by molar-refractivity contribution is -0.137. The minimum atomic E-state index is -4.52. The minimum absolute atomic E-state index is 0.109. The second-order valence-electron chi connectivity index (χ2n) is 3.47. The first-order valence-electron chi connectivity index (χ1n) is 4.80. The maximum atomic E-state index is 12.9. The van der Waals surface area contributed by atoms with Crippen molar-refractivity contribution >= 4 is 15.9 Å². The predicted octanol–water partition coefficient (Wildman–Crippen LogP) is 3.22. The second kappa shape index (κ2) is 4.56. The van der Waals surface area contributed by atoms with Gasteiger partial charge in [0.15, 0.2) is 0 Å². The molecule has 0 aliphatic heterocycles. The Morgan fingerprint density at radius 1 is 1.22 bits per heavy atom. The van der Waals surface area contributed by atoms with Crippen molar-refractivity contribution in [1.82, 2.24) is 9.97 Å². The summed E-state index contributed by atoms with van der Waals surface area (Å²) in [7, 11) is 0. The lowest BCUT2D eigenvalue weighted by atomic mass is 10.1. The zero-order valence-electron chi connectivity index (χ0n) is 8.75. The summed E-state index contributed by atoms with van der Waals surface area (Å²) >= 11 is 2.98. The molecule has 1 aromatic heterocycles. The summed E-state index contributed by atoms with van der Waals surface area (Å²) in [5, 5.41) is 0. The molecule has 2 rings (SSSR count). The molecule has 7 heteroatoms. The number of halogens is 4. The molecule has 2 aromatic rings. The summed E-state index contributed by atoms with van der Waals surface area (Å²) in [4.78, 5) is 17.1. The molecule has 1 aromatic carbocycles. The van der Waals surface area contributed by atoms with E-state index in [4.69, 9.17) is 0 Å². The second-order valence-corrected chi connectivity index (χ2v) is 4.39. The van der Waals surface area contributed by atoms with Crippen LogP contribution in [0.1, 0.15) is 5.56 Å². The first-order chi connectivity index (χ1) is 8.38. The fraction of sp³-hybridized carbons (Fsp3) is 0.0909. The van der Waals surface area contributed by atoms with Crippen LogP contribution in [-0.4, -0.2) is 9.97 Å². The first kappa shape index (κ1) is 12.8. The zero-order chi connectivity index (χ0) is 13.3. The van der Waals surface area contributed by atoms with Crippen LogP contribution in [0.4, 0.5) is 13.2 Å². The normalized spacial score (nSPS) is 11.6. The van der Waals surface area contributed by atoms with Gasteiger partial charge in [0, 0.05) is 22.3 Å². The molecule has 0 spiro atoms. The maximum absolute atomic E-state index is 12.9. The topological polar surface area (TPSA) is 45.8 Å². The smallest absolute Gasteiger partial charge is 0.307 e. The van der Waals surface area contributed by atoms with E-state index in [9.17, 15) is 18.0 Å². The van der Waals surface area contributed by atoms with Crippen molar-refractivity contribution < 1.29 is 13.2 Å². The van der Waals surface area contributed by atoms with Crippen LogP contribution in [0.25, 0.3) is 11.4 Å². The molecule has 0 aliphatic rings. The SMILES string of the molecule is O=c1ccnc(-c2ccc(Br)cc2C(F)(F)F)[nH]1. The Kier molecular flexibility index (Phi) is 3.25. The van der Waals surface area contributed by atoms with Crippen LogP contribution < -0.4 is 5.56 Å². The van der Waals surface area contributed by atoms with Gasteiger partial charge >= 0.3 is 6.18 Å². The quantitative estimate of drug-likeness (QED) is 0.877. The van der Waals surface area contributed by atoms with E-state index >= 15 is 0 Å². The van der Waals surface area contributed by atoms with Crippen molar-refractivity contribution in [3.05, 3.63) is 50.9 Å². The summed E-state index contributed by atoms with van der Waals surface area (Å²) in [6.07, 6.45) is -3.36. The van der Waals surface area contributed by atoms with Gasteiger partial charge in [-0.3, -0.25) is 4.79 Å². The van der Waals surface area contributed by atoms with Crippen LogP contribution >= 0.6 is 15.9 Å². The van der Waals surface area contributed by atoms with Crippen molar-refractivity contribution in [2.24, 2.45) is 0 Å². The van der Waals surface area contributed by atoms with Crippen molar-refractivity contribution in [3.8, 4) is 11.4 Å². The van der Waals surface area contributed by atoms with Gasteiger partial charge in [-0.25, -0.2) is 4.98 Å². The Morgan fingerprint density at radius 3 is 2.56 bits per heavy atom. The molecule has 18 heavy (non-hydrogen) atoms. The first-order valence-corrected chi connectivity index (χ1v) is 5.59. The highest BCUT2D eigenvalue weighted by atomic mass is 79.9. The van der Waals surface area contributed by atoms with E-state index < -0.39 is 17.3 Å². The average Bonchev–Trinajstić information content (AvgIpc) is 2.27. The number of rotatable bonds is 1. The fourth-order valence-corrected chi connectivity index (χ4v) is 1.83. The van der Waals surface area contributed by atoms with Crippen molar-refractivity contribution in [2.45, 2.75) is 6.18 Å². The van der Waals surface area contributed by atoms with Gasteiger partial charge in [-0.05, 0) is 18.2 Å². The molecular weight excluding hydrogens is 313 g/mol. The number of nitrogens with zero attached hydrogens (tertiary/aromatic N) is 1. The molecule has 0 saturated carbocycles. The molecule has 1 N–H and O–H groups in total. The lowest BCUT2D eigenvalue weighted by Gasteiger charge is -2.12. The summed E-state index contributed by atoms with van der Waals surface area (Å²) in [6, 6.07) is 4.79. The summed E-state index contributed by atoms with van der Waals surface area (Å²) in [6.45, 7) is 0. The standard InChI is InChI=1S/C11H6BrF3N2O/c12-6-1-2-7(8(5-6)11(13,14)15)10-16-4-3-9(18)17-10/h1-5H,(H,16,17,18). The molecular formula is C11H6BrF3N2O. The zero-order valence-corrected chi connectivity index (χ0v) is 10.3. The monoisotopic (exact) mass is 318 g/mol. The Labute approximate surface area is 108 Å². The van der Waals surface area contributed by atoms with Gasteiger partial charge in [-0.15, -0.1) is 0 Å². The third kappa shape index (κ3) is 2.61. The van der Waals surface area contributed by atoms with E-state index in [2.05, 4.69) is 25.9 Å². The molecule has 1 heterocycles. The fourth-order valence-electron chi connectivity index (χ4n) is 1.46. The van der Waals surface area contributed by atoms with Crippen LogP contribution in [-0.2, 0) is 6.18 Å². The molecule has 0 fully saturated rings. The molecule has 94 valence electrons. The largest absolute Gasteiger partial charge is 0.417 e. The van der Waals surface area contributed by atoms with Crippen LogP contribution in [0, 0.1) is 0 Å². The number of nitrogens with one attached hydrogen (secondary N) is 1. The molecule has 0 radical (unpaired) electrons. The Bertz CT molecular complexity index is 637. The summed E-state index contributed by atoms with van der Waals surface area (Å²) in [5.41, 5.74) is -1.52. The van der Waals surface area contributed by atoms with Gasteiger partial charge in [0.2, 0.25) is 0 Å². The number of benzene rings is 1. The Morgan fingerprint density at radius 2 is 1.94 bits per heavy atom. The number of alkyl halides is 3. The van der Waals surface area contributed by atoms with Crippen LogP contribution in [0.3, 0.4) is 0 Å². The molecule has 3 nitrogen and oxygen atoms in total. The van der Waals surface area contributed by atoms with E-state index in [0.717, 1.165) is 18.3 Å². The Hall–Kier alpha value is -1.63. The molecule has 0 amide bonds. The number of hydrogen-bond donors (Lipinski definition) is 1. The van der Waals surface area contributed by atoms with Crippen molar-refractivity contribution in [2.75, 3.05) is 0 Å². The highest BCUT2D eigenvalue weighted by Crippen LogP contribution is 2.37. The minimum Gasteiger partial charge on any atom is -0.307 e. The van der Waals surface area contributed by atoms with Gasteiger partial charge in [-0.2, -0.15) is 13.2 Å². The Balaban J connectivity index is 2.68. The lowest BCUT2D eigenvalue weighted by Crippen LogP contribution is -2.11. The van der Waals surface area contributed by atoms with Gasteiger partial charge < -0.3 is 4.98 Å². The molecule has 0 saturated heterocycles. The van der Waals surface area contributed by atoms with Crippen LogP contribution in [0.2, 0.25) is 0 Å². The van der Waals surface area contributed by atoms with Crippen LogP contribution in [0.15, 0.2) is 39.7 Å². The average molecular weight is 319 g/mol. The van der Waals surface area contributed by atoms with E-state index in [0.29, 0.717) is 4.47 Å². The van der Waals surface area contributed by atoms with Gasteiger partial charge in [0.1, 0.15) is 5.82 Å². The summed E-state index contributed by atoms with van der Waals surface area (Å²) < 4.78 is 38.9. The van der Waals surface area contributed by atoms with Crippen LogP contribution in [0.5, 0.6) is 0 Å². The van der Waals surface area contributed by atoms with E-state index in [-0.39, 0.29) is 11.4 Å². The van der Waals surface area contributed by atoms with Gasteiger partial charge in [-0.1, -0.05) is 15.9 Å². The molecule has 0 unspecified atom stereocenters. The molecule has 0 bridgehead atoms. The number of aromatic nitrogens is 2. The van der Waals surface area contributed by atoms with Crippen molar-refractivity contribution in [1.29, 1.82) is 0 Å².